The number of hydrogen-bond donors (Lipinski definition) is 0. The molecule has 3 aromatic carbocycles. The number of benzene rings is 3. The molecule has 176 valence electrons. The van der Waals surface area contributed by atoms with E-state index in [1.165, 1.54) is 0 Å². The highest BCUT2D eigenvalue weighted by atomic mass is 16.8. The van der Waals surface area contributed by atoms with E-state index in [9.17, 15) is 0 Å². The third-order valence-corrected chi connectivity index (χ3v) is 6.30. The summed E-state index contributed by atoms with van der Waals surface area (Å²) < 4.78 is 43.0. The predicted octanol–water partition coefficient (Wildman–Crippen LogP) is 4.40. The standard InChI is InChI=1S/C27H26O7/c1-28-19-12-14-20(15-13-19)30-27-24-23(33-26(34-24)18-10-6-3-7-11-18)22-21(31-27)16-29-25(32-22)17-8-4-2-5-9-17/h2-15,21-27H,16H2,1H3/t21-,22-,23+,24+,25+,26+,27-/m1/s1. The molecule has 3 saturated heterocycles. The largest absolute Gasteiger partial charge is 0.497 e. The monoisotopic (exact) mass is 462 g/mol. The van der Waals surface area contributed by atoms with E-state index in [1.807, 2.05) is 84.9 Å². The first-order chi connectivity index (χ1) is 16.8. The van der Waals surface area contributed by atoms with Crippen LogP contribution in [0.5, 0.6) is 11.5 Å². The van der Waals surface area contributed by atoms with Gasteiger partial charge in [-0.25, -0.2) is 0 Å². The van der Waals surface area contributed by atoms with Crippen LogP contribution >= 0.6 is 0 Å². The minimum Gasteiger partial charge on any atom is -0.497 e. The van der Waals surface area contributed by atoms with Crippen LogP contribution in [0, 0.1) is 0 Å². The lowest BCUT2D eigenvalue weighted by Gasteiger charge is -2.45. The van der Waals surface area contributed by atoms with Crippen LogP contribution in [0.3, 0.4) is 0 Å². The van der Waals surface area contributed by atoms with Gasteiger partial charge < -0.3 is 33.2 Å². The van der Waals surface area contributed by atoms with Gasteiger partial charge in [0.1, 0.15) is 29.8 Å². The zero-order chi connectivity index (χ0) is 22.9. The summed E-state index contributed by atoms with van der Waals surface area (Å²) >= 11 is 0. The predicted molar refractivity (Wildman–Crippen MR) is 121 cm³/mol. The average molecular weight is 462 g/mol. The van der Waals surface area contributed by atoms with E-state index in [2.05, 4.69) is 0 Å². The number of ether oxygens (including phenoxy) is 7. The molecule has 0 unspecified atom stereocenters. The van der Waals surface area contributed by atoms with Crippen molar-refractivity contribution in [3.8, 4) is 11.5 Å². The molecule has 7 nitrogen and oxygen atoms in total. The van der Waals surface area contributed by atoms with Crippen LogP contribution in [0.25, 0.3) is 0 Å². The van der Waals surface area contributed by atoms with Crippen molar-refractivity contribution in [2.75, 3.05) is 13.7 Å². The summed E-state index contributed by atoms with van der Waals surface area (Å²) in [5, 5.41) is 0. The van der Waals surface area contributed by atoms with Crippen LogP contribution < -0.4 is 9.47 Å². The molecule has 3 aromatic rings. The van der Waals surface area contributed by atoms with Gasteiger partial charge in [-0.3, -0.25) is 0 Å². The Kier molecular flexibility index (Phi) is 5.95. The molecule has 0 aromatic heterocycles. The molecule has 3 aliphatic rings. The fourth-order valence-electron chi connectivity index (χ4n) is 4.59. The molecular formula is C27H26O7. The third-order valence-electron chi connectivity index (χ3n) is 6.30. The molecule has 0 amide bonds. The van der Waals surface area contributed by atoms with E-state index in [-0.39, 0.29) is 18.3 Å². The van der Waals surface area contributed by atoms with Crippen LogP contribution in [-0.2, 0) is 23.7 Å². The maximum atomic E-state index is 6.43. The second kappa shape index (κ2) is 9.37. The van der Waals surface area contributed by atoms with Crippen molar-refractivity contribution >= 4 is 0 Å². The van der Waals surface area contributed by atoms with Crippen LogP contribution in [0.15, 0.2) is 84.9 Å². The highest BCUT2D eigenvalue weighted by Crippen LogP contribution is 2.43. The third kappa shape index (κ3) is 4.17. The van der Waals surface area contributed by atoms with E-state index >= 15 is 0 Å². The molecule has 0 bridgehead atoms. The maximum absolute atomic E-state index is 6.43. The molecule has 3 fully saturated rings. The Morgan fingerprint density at radius 2 is 1.21 bits per heavy atom. The second-order valence-corrected chi connectivity index (χ2v) is 8.46. The number of methoxy groups -OCH3 is 1. The van der Waals surface area contributed by atoms with E-state index < -0.39 is 25.0 Å². The summed E-state index contributed by atoms with van der Waals surface area (Å²) in [5.41, 5.74) is 1.89. The quantitative estimate of drug-likeness (QED) is 0.557. The van der Waals surface area contributed by atoms with Crippen molar-refractivity contribution in [2.24, 2.45) is 0 Å². The van der Waals surface area contributed by atoms with Crippen molar-refractivity contribution in [3.05, 3.63) is 96.1 Å². The van der Waals surface area contributed by atoms with Gasteiger partial charge in [0.25, 0.3) is 0 Å². The molecule has 3 heterocycles. The Morgan fingerprint density at radius 1 is 0.618 bits per heavy atom. The molecule has 34 heavy (non-hydrogen) atoms. The van der Waals surface area contributed by atoms with E-state index in [1.54, 1.807) is 7.11 Å². The van der Waals surface area contributed by atoms with E-state index in [0.29, 0.717) is 12.4 Å². The Balaban J connectivity index is 1.26. The van der Waals surface area contributed by atoms with Crippen molar-refractivity contribution in [2.45, 2.75) is 43.3 Å². The van der Waals surface area contributed by atoms with Crippen molar-refractivity contribution in [1.29, 1.82) is 0 Å². The maximum Gasteiger partial charge on any atom is 0.229 e. The number of rotatable bonds is 5. The Labute approximate surface area is 198 Å². The molecule has 0 saturated carbocycles. The summed E-state index contributed by atoms with van der Waals surface area (Å²) in [4.78, 5) is 0. The Hall–Kier alpha value is -2.94. The van der Waals surface area contributed by atoms with Gasteiger partial charge >= 0.3 is 0 Å². The molecular weight excluding hydrogens is 436 g/mol. The topological polar surface area (TPSA) is 64.6 Å². The first-order valence-electron chi connectivity index (χ1n) is 11.4. The Morgan fingerprint density at radius 3 is 1.88 bits per heavy atom. The van der Waals surface area contributed by atoms with Crippen molar-refractivity contribution < 1.29 is 33.2 Å². The minimum atomic E-state index is -0.686. The lowest BCUT2D eigenvalue weighted by Crippen LogP contribution is -2.61. The molecule has 0 N–H and O–H groups in total. The lowest BCUT2D eigenvalue weighted by atomic mass is 9.98. The molecule has 3 aliphatic heterocycles. The smallest absolute Gasteiger partial charge is 0.229 e. The van der Waals surface area contributed by atoms with Gasteiger partial charge in [0.15, 0.2) is 18.7 Å². The van der Waals surface area contributed by atoms with Gasteiger partial charge in [0, 0.05) is 11.1 Å². The average Bonchev–Trinajstić information content (AvgIpc) is 3.36. The zero-order valence-electron chi connectivity index (χ0n) is 18.7. The van der Waals surface area contributed by atoms with Crippen molar-refractivity contribution in [3.63, 3.8) is 0 Å². The molecule has 6 rings (SSSR count). The number of fused-ring (bicyclic) bond motifs is 3. The fourth-order valence-corrected chi connectivity index (χ4v) is 4.59. The van der Waals surface area contributed by atoms with Gasteiger partial charge in [-0.1, -0.05) is 60.7 Å². The van der Waals surface area contributed by atoms with E-state index in [4.69, 9.17) is 33.2 Å². The van der Waals surface area contributed by atoms with Crippen LogP contribution in [-0.4, -0.2) is 44.4 Å². The van der Waals surface area contributed by atoms with Crippen LogP contribution in [0.1, 0.15) is 23.7 Å². The number of hydrogen-bond acceptors (Lipinski definition) is 7. The van der Waals surface area contributed by atoms with Gasteiger partial charge in [0.05, 0.1) is 13.7 Å². The fraction of sp³-hybridized carbons (Fsp3) is 0.333. The highest BCUT2D eigenvalue weighted by molar-refractivity contribution is 5.31. The summed E-state index contributed by atoms with van der Waals surface area (Å²) in [6.45, 7) is 0.356. The summed E-state index contributed by atoms with van der Waals surface area (Å²) in [5.74, 6) is 1.40. The minimum absolute atomic E-state index is 0.356. The second-order valence-electron chi connectivity index (χ2n) is 8.46. The highest BCUT2D eigenvalue weighted by Gasteiger charge is 2.57. The first kappa shape index (κ1) is 21.6. The van der Waals surface area contributed by atoms with Gasteiger partial charge in [-0.2, -0.15) is 0 Å². The zero-order valence-corrected chi connectivity index (χ0v) is 18.7. The lowest BCUT2D eigenvalue weighted by molar-refractivity contribution is -0.335. The molecule has 7 heteroatoms. The van der Waals surface area contributed by atoms with Gasteiger partial charge in [0.2, 0.25) is 6.29 Å². The molecule has 0 aliphatic carbocycles. The first-order valence-corrected chi connectivity index (χ1v) is 11.4. The van der Waals surface area contributed by atoms with Crippen LogP contribution in [0.2, 0.25) is 0 Å². The molecule has 0 spiro atoms. The molecule has 7 atom stereocenters. The van der Waals surface area contributed by atoms with E-state index in [0.717, 1.165) is 16.9 Å². The van der Waals surface area contributed by atoms with Gasteiger partial charge in [-0.05, 0) is 24.3 Å². The summed E-state index contributed by atoms with van der Waals surface area (Å²) in [6.07, 6.45) is -3.32. The molecule has 0 radical (unpaired) electrons. The van der Waals surface area contributed by atoms with Crippen molar-refractivity contribution in [1.82, 2.24) is 0 Å². The summed E-state index contributed by atoms with van der Waals surface area (Å²) in [7, 11) is 1.63. The summed E-state index contributed by atoms with van der Waals surface area (Å²) in [6, 6.07) is 27.1. The SMILES string of the molecule is COc1ccc(O[C@@H]2O[C@@H]3CO[C@H](c4ccccc4)O[C@H]3[C@@H]3O[C@H](c4ccccc4)O[C@H]23)cc1. The van der Waals surface area contributed by atoms with Crippen LogP contribution in [0.4, 0.5) is 0 Å². The Bertz CT molecular complexity index is 1080. The van der Waals surface area contributed by atoms with Gasteiger partial charge in [-0.15, -0.1) is 0 Å². The normalized spacial score (nSPS) is 32.4.